The van der Waals surface area contributed by atoms with E-state index in [2.05, 4.69) is 20.4 Å². The molecule has 10 nitrogen and oxygen atoms in total. The molecule has 0 radical (unpaired) electrons. The maximum absolute atomic E-state index is 14.8. The fourth-order valence-electron chi connectivity index (χ4n) is 4.69. The lowest BCUT2D eigenvalue weighted by atomic mass is 9.82. The molecule has 0 bridgehead atoms. The second-order valence-corrected chi connectivity index (χ2v) is 9.17. The van der Waals surface area contributed by atoms with E-state index in [1.54, 1.807) is 0 Å². The van der Waals surface area contributed by atoms with E-state index >= 15 is 0 Å². The fraction of sp³-hybridized carbons (Fsp3) is 0.435. The number of pyridine rings is 1. The molecule has 3 aromatic heterocycles. The third kappa shape index (κ3) is 4.45. The fourth-order valence-corrected chi connectivity index (χ4v) is 4.69. The van der Waals surface area contributed by atoms with Crippen LogP contribution in [-0.2, 0) is 11.0 Å². The van der Waals surface area contributed by atoms with Gasteiger partial charge in [-0.2, -0.15) is 18.3 Å². The van der Waals surface area contributed by atoms with Gasteiger partial charge in [0.25, 0.3) is 5.91 Å². The molecule has 0 unspecified atom stereocenters. The molecule has 1 saturated heterocycles. The Morgan fingerprint density at radius 2 is 1.97 bits per heavy atom. The van der Waals surface area contributed by atoms with Crippen molar-refractivity contribution in [2.24, 2.45) is 5.92 Å². The molecule has 4 heterocycles. The second kappa shape index (κ2) is 9.36. The van der Waals surface area contributed by atoms with Crippen molar-refractivity contribution in [2.75, 3.05) is 25.9 Å². The zero-order chi connectivity index (χ0) is 28.1. The van der Waals surface area contributed by atoms with Crippen LogP contribution in [0.15, 0.2) is 24.7 Å². The van der Waals surface area contributed by atoms with Gasteiger partial charge in [0.1, 0.15) is 29.8 Å². The van der Waals surface area contributed by atoms with Crippen LogP contribution in [0.25, 0.3) is 16.8 Å². The number of methoxy groups -OCH3 is 1. The maximum atomic E-state index is 14.8. The predicted octanol–water partition coefficient (Wildman–Crippen LogP) is 2.43. The number of rotatable bonds is 5. The Balaban J connectivity index is 1.44. The lowest BCUT2D eigenvalue weighted by Gasteiger charge is -2.31. The molecular weight excluding hydrogens is 517 g/mol. The number of fused-ring (bicyclic) bond motifs is 1. The van der Waals surface area contributed by atoms with E-state index in [1.165, 1.54) is 11.0 Å². The number of aromatic nitrogens is 4. The quantitative estimate of drug-likeness (QED) is 0.476. The van der Waals surface area contributed by atoms with Crippen LogP contribution in [0.2, 0.25) is 0 Å². The van der Waals surface area contributed by atoms with E-state index in [0.29, 0.717) is 0 Å². The first-order valence-electron chi connectivity index (χ1n) is 12.2. The third-order valence-electron chi connectivity index (χ3n) is 6.72. The van der Waals surface area contributed by atoms with Crippen molar-refractivity contribution in [1.82, 2.24) is 29.8 Å². The summed E-state index contributed by atoms with van der Waals surface area (Å²) in [7, 11) is -0.628. The predicted molar refractivity (Wildman–Crippen MR) is 123 cm³/mol. The topological polar surface area (TPSA) is 128 Å². The van der Waals surface area contributed by atoms with Crippen molar-refractivity contribution in [2.45, 2.75) is 37.4 Å². The molecule has 3 aromatic rings. The normalized spacial score (nSPS) is 23.7. The highest BCUT2D eigenvalue weighted by atomic mass is 19.4. The van der Waals surface area contributed by atoms with E-state index in [4.69, 9.17) is 11.8 Å². The van der Waals surface area contributed by atoms with Crippen molar-refractivity contribution in [3.05, 3.63) is 35.8 Å². The number of alkyl halides is 5. The second-order valence-electron chi connectivity index (χ2n) is 9.17. The Kier molecular flexibility index (Phi) is 5.99. The number of carbonyl (C=O) groups excluding carboxylic acids is 2. The number of amides is 2. The summed E-state index contributed by atoms with van der Waals surface area (Å²) in [5.41, 5.74) is 3.73. The minimum Gasteiger partial charge on any atom is -0.480 e. The first-order chi connectivity index (χ1) is 18.5. The van der Waals surface area contributed by atoms with Crippen LogP contribution in [0.5, 0.6) is 5.88 Å². The van der Waals surface area contributed by atoms with Crippen LogP contribution >= 0.6 is 0 Å². The number of likely N-dealkylation sites (tertiary alicyclic amines) is 1. The van der Waals surface area contributed by atoms with Crippen LogP contribution < -0.4 is 15.8 Å². The van der Waals surface area contributed by atoms with E-state index < -0.39 is 60.4 Å². The Morgan fingerprint density at radius 1 is 1.21 bits per heavy atom. The van der Waals surface area contributed by atoms with Gasteiger partial charge in [-0.05, 0) is 25.0 Å². The van der Waals surface area contributed by atoms with Crippen molar-refractivity contribution in [3.8, 4) is 17.1 Å². The molecule has 38 heavy (non-hydrogen) atoms. The van der Waals surface area contributed by atoms with Crippen molar-refractivity contribution < 1.29 is 37.6 Å². The molecule has 0 aromatic carbocycles. The summed E-state index contributed by atoms with van der Waals surface area (Å²) in [5.74, 6) is -2.50. The number of anilines is 1. The molecule has 2 amide bonds. The molecule has 2 atom stereocenters. The molecular formula is C23H22F5N7O3. The minimum absolute atomic E-state index is 0.0202. The minimum atomic E-state index is -4.79. The molecule has 0 spiro atoms. The van der Waals surface area contributed by atoms with Gasteiger partial charge >= 0.3 is 6.18 Å². The number of nitrogen functional groups attached to an aromatic ring is 1. The number of nitrogens with one attached hydrogen (secondary N) is 1. The van der Waals surface area contributed by atoms with Gasteiger partial charge in [0, 0.05) is 24.2 Å². The van der Waals surface area contributed by atoms with Gasteiger partial charge < -0.3 is 20.7 Å². The highest BCUT2D eigenvalue weighted by Gasteiger charge is 2.43. The smallest absolute Gasteiger partial charge is 0.418 e. The van der Waals surface area contributed by atoms with Crippen LogP contribution in [0.4, 0.5) is 27.8 Å². The van der Waals surface area contributed by atoms with Gasteiger partial charge in [-0.25, -0.2) is 23.3 Å². The maximum Gasteiger partial charge on any atom is 0.418 e. The summed E-state index contributed by atoms with van der Waals surface area (Å²) in [6, 6.07) is 0.854. The van der Waals surface area contributed by atoms with Crippen molar-refractivity contribution in [1.29, 1.82) is 0 Å². The molecule has 202 valence electrons. The number of ether oxygens (including phenoxy) is 1. The molecule has 2 aliphatic rings. The highest BCUT2D eigenvalue weighted by molar-refractivity contribution is 5.98. The zero-order valence-electron chi connectivity index (χ0n) is 20.6. The van der Waals surface area contributed by atoms with Crippen LogP contribution in [0.1, 0.15) is 30.1 Å². The molecule has 2 fully saturated rings. The van der Waals surface area contributed by atoms with Crippen LogP contribution in [-0.4, -0.2) is 74.9 Å². The SMILES string of the molecule is [2H]COc1ncc(-c2cc(C(F)(F)F)c3c(N)ncnn23)cc1C(=O)N[C@@H]1CN(C(=O)C2CC(F)C2)C[C@@H]1F. The summed E-state index contributed by atoms with van der Waals surface area (Å²) in [5, 5.41) is 6.33. The van der Waals surface area contributed by atoms with Gasteiger partial charge in [0.2, 0.25) is 11.8 Å². The Morgan fingerprint density at radius 3 is 2.66 bits per heavy atom. The van der Waals surface area contributed by atoms with Crippen LogP contribution in [0.3, 0.4) is 0 Å². The van der Waals surface area contributed by atoms with Gasteiger partial charge in [0.15, 0.2) is 5.82 Å². The monoisotopic (exact) mass is 540 g/mol. The lowest BCUT2D eigenvalue weighted by molar-refractivity contribution is -0.139. The van der Waals surface area contributed by atoms with Crippen molar-refractivity contribution >= 4 is 23.1 Å². The highest BCUT2D eigenvalue weighted by Crippen LogP contribution is 2.39. The molecule has 1 aliphatic carbocycles. The average molecular weight is 540 g/mol. The molecule has 1 aliphatic heterocycles. The summed E-state index contributed by atoms with van der Waals surface area (Å²) in [6.45, 7) is -0.418. The van der Waals surface area contributed by atoms with E-state index in [1.807, 2.05) is 0 Å². The van der Waals surface area contributed by atoms with E-state index in [9.17, 15) is 31.5 Å². The first kappa shape index (κ1) is 24.3. The van der Waals surface area contributed by atoms with E-state index in [-0.39, 0.29) is 54.5 Å². The Labute approximate surface area is 213 Å². The lowest BCUT2D eigenvalue weighted by Crippen LogP contribution is -2.44. The summed E-state index contributed by atoms with van der Waals surface area (Å²) in [6.07, 6.45) is -5.20. The number of carbonyl (C=O) groups is 2. The first-order valence-corrected chi connectivity index (χ1v) is 11.5. The zero-order valence-corrected chi connectivity index (χ0v) is 19.6. The molecule has 15 heteroatoms. The standard InChI is InChI=1S/C23H22F5N7O3/c1-38-21-13(20(36)33-16-8-34(7-15(16)25)22(37)10-2-12(24)3-10)4-11(6-30-21)17-5-14(23(26,27)28)18-19(29)31-9-32-35(17)18/h4-6,9-10,12,15-16H,2-3,7-8H2,1H3,(H,33,36)(H2,29,31,32)/t10?,12?,15-,16+/m0/s1/i1D. The van der Waals surface area contributed by atoms with Gasteiger partial charge in [-0.15, -0.1) is 0 Å². The van der Waals surface area contributed by atoms with Crippen molar-refractivity contribution in [3.63, 3.8) is 0 Å². The number of nitrogens with two attached hydrogens (primary N) is 1. The number of hydrogen-bond acceptors (Lipinski definition) is 7. The third-order valence-corrected chi connectivity index (χ3v) is 6.72. The number of hydrogen-bond donors (Lipinski definition) is 2. The van der Waals surface area contributed by atoms with Crippen LogP contribution in [0, 0.1) is 5.92 Å². The van der Waals surface area contributed by atoms with E-state index in [0.717, 1.165) is 23.1 Å². The average Bonchev–Trinajstić information content (AvgIpc) is 3.44. The number of nitrogens with zero attached hydrogens (tertiary/aromatic N) is 5. The molecule has 1 saturated carbocycles. The molecule has 5 rings (SSSR count). The summed E-state index contributed by atoms with van der Waals surface area (Å²) >= 11 is 0. The van der Waals surface area contributed by atoms with Gasteiger partial charge in [0.05, 0.1) is 32.3 Å². The van der Waals surface area contributed by atoms with Gasteiger partial charge in [-0.3, -0.25) is 9.59 Å². The summed E-state index contributed by atoms with van der Waals surface area (Å²) in [4.78, 5) is 34.5. The molecule has 3 N–H and O–H groups in total. The summed E-state index contributed by atoms with van der Waals surface area (Å²) < 4.78 is 82.4. The number of halogens is 5. The van der Waals surface area contributed by atoms with Gasteiger partial charge in [-0.1, -0.05) is 0 Å². The Bertz CT molecular complexity index is 1430. The Hall–Kier alpha value is -4.04. The largest absolute Gasteiger partial charge is 0.480 e.